The van der Waals surface area contributed by atoms with E-state index in [4.69, 9.17) is 0 Å². The lowest BCUT2D eigenvalue weighted by Crippen LogP contribution is -2.21. The first-order chi connectivity index (χ1) is 9.81. The third kappa shape index (κ3) is 2.26. The molecule has 0 aliphatic carbocycles. The van der Waals surface area contributed by atoms with Crippen LogP contribution in [-0.4, -0.2) is 13.1 Å². The van der Waals surface area contributed by atoms with Crippen LogP contribution >= 0.6 is 0 Å². The average molecular weight is 266 g/mol. The molecule has 0 spiro atoms. The zero-order chi connectivity index (χ0) is 13.9. The highest BCUT2D eigenvalue weighted by Gasteiger charge is 2.17. The van der Waals surface area contributed by atoms with E-state index in [0.717, 1.165) is 13.1 Å². The van der Waals surface area contributed by atoms with Gasteiger partial charge in [0.1, 0.15) is 0 Å². The molecule has 0 saturated heterocycles. The molecule has 2 heteroatoms. The van der Waals surface area contributed by atoms with Crippen molar-refractivity contribution in [3.05, 3.63) is 53.6 Å². The molecule has 0 bridgehead atoms. The summed E-state index contributed by atoms with van der Waals surface area (Å²) < 4.78 is 0. The molecule has 2 aromatic carbocycles. The molecule has 2 nitrogen and oxygen atoms in total. The van der Waals surface area contributed by atoms with Crippen LogP contribution in [0.4, 0.5) is 17.1 Å². The fourth-order valence-electron chi connectivity index (χ4n) is 3.05. The SMILES string of the molecule is CCN(c1ccccc1C)c1cccc2c1NCCC2. The molecule has 0 fully saturated rings. The van der Waals surface area contributed by atoms with Crippen molar-refractivity contribution in [2.24, 2.45) is 0 Å². The third-order valence-electron chi connectivity index (χ3n) is 4.07. The van der Waals surface area contributed by atoms with E-state index in [1.165, 1.54) is 41.0 Å². The zero-order valence-corrected chi connectivity index (χ0v) is 12.3. The van der Waals surface area contributed by atoms with Crippen LogP contribution in [0.1, 0.15) is 24.5 Å². The Labute approximate surface area is 121 Å². The number of nitrogens with zero attached hydrogens (tertiary/aromatic N) is 1. The second kappa shape index (κ2) is 5.58. The van der Waals surface area contributed by atoms with E-state index in [0.29, 0.717) is 0 Å². The van der Waals surface area contributed by atoms with Crippen molar-refractivity contribution < 1.29 is 0 Å². The van der Waals surface area contributed by atoms with Gasteiger partial charge in [-0.1, -0.05) is 30.3 Å². The number of nitrogens with one attached hydrogen (secondary N) is 1. The van der Waals surface area contributed by atoms with Crippen LogP contribution in [0.25, 0.3) is 0 Å². The summed E-state index contributed by atoms with van der Waals surface area (Å²) in [4.78, 5) is 2.41. The molecule has 1 N–H and O–H groups in total. The molecule has 1 heterocycles. The monoisotopic (exact) mass is 266 g/mol. The number of aryl methyl sites for hydroxylation is 2. The highest BCUT2D eigenvalue weighted by atomic mass is 15.2. The minimum absolute atomic E-state index is 0.975. The Morgan fingerprint density at radius 1 is 1.05 bits per heavy atom. The van der Waals surface area contributed by atoms with Crippen molar-refractivity contribution >= 4 is 17.1 Å². The lowest BCUT2D eigenvalue weighted by atomic mass is 10.0. The van der Waals surface area contributed by atoms with Gasteiger partial charge in [-0.15, -0.1) is 0 Å². The fourth-order valence-corrected chi connectivity index (χ4v) is 3.05. The molecule has 20 heavy (non-hydrogen) atoms. The van der Waals surface area contributed by atoms with Crippen molar-refractivity contribution in [2.45, 2.75) is 26.7 Å². The number of fused-ring (bicyclic) bond motifs is 1. The van der Waals surface area contributed by atoms with Crippen molar-refractivity contribution in [3.8, 4) is 0 Å². The summed E-state index contributed by atoms with van der Waals surface area (Å²) in [5, 5.41) is 3.59. The molecule has 0 atom stereocenters. The van der Waals surface area contributed by atoms with Gasteiger partial charge in [-0.2, -0.15) is 0 Å². The molecule has 104 valence electrons. The van der Waals surface area contributed by atoms with E-state index >= 15 is 0 Å². The number of hydrogen-bond acceptors (Lipinski definition) is 2. The quantitative estimate of drug-likeness (QED) is 0.879. The maximum atomic E-state index is 3.59. The predicted molar refractivity (Wildman–Crippen MR) is 87.1 cm³/mol. The summed E-state index contributed by atoms with van der Waals surface area (Å²) in [5.74, 6) is 0. The van der Waals surface area contributed by atoms with Gasteiger partial charge in [0.2, 0.25) is 0 Å². The van der Waals surface area contributed by atoms with Crippen molar-refractivity contribution in [1.82, 2.24) is 0 Å². The molecule has 2 aromatic rings. The van der Waals surface area contributed by atoms with Gasteiger partial charge in [-0.3, -0.25) is 0 Å². The third-order valence-corrected chi connectivity index (χ3v) is 4.07. The van der Waals surface area contributed by atoms with E-state index in [9.17, 15) is 0 Å². The predicted octanol–water partition coefficient (Wildman–Crippen LogP) is 4.51. The highest BCUT2D eigenvalue weighted by molar-refractivity contribution is 5.80. The minimum atomic E-state index is 0.975. The van der Waals surface area contributed by atoms with Crippen molar-refractivity contribution in [2.75, 3.05) is 23.3 Å². The molecule has 0 radical (unpaired) electrons. The van der Waals surface area contributed by atoms with Crippen molar-refractivity contribution in [1.29, 1.82) is 0 Å². The van der Waals surface area contributed by atoms with E-state index in [1.807, 2.05) is 0 Å². The Bertz CT molecular complexity index is 604. The Hall–Kier alpha value is -1.96. The molecule has 3 rings (SSSR count). The fraction of sp³-hybridized carbons (Fsp3) is 0.333. The Balaban J connectivity index is 2.09. The van der Waals surface area contributed by atoms with Gasteiger partial charge in [0, 0.05) is 18.8 Å². The van der Waals surface area contributed by atoms with Crippen molar-refractivity contribution in [3.63, 3.8) is 0 Å². The smallest absolute Gasteiger partial charge is 0.0649 e. The summed E-state index contributed by atoms with van der Waals surface area (Å²) >= 11 is 0. The second-order valence-corrected chi connectivity index (χ2v) is 5.37. The van der Waals surface area contributed by atoms with Crippen LogP contribution in [0.3, 0.4) is 0 Å². The minimum Gasteiger partial charge on any atom is -0.383 e. The first-order valence-corrected chi connectivity index (χ1v) is 7.50. The van der Waals surface area contributed by atoms with Crippen LogP contribution in [0.5, 0.6) is 0 Å². The lowest BCUT2D eigenvalue weighted by molar-refractivity contribution is 0.827. The van der Waals surface area contributed by atoms with Gasteiger partial charge >= 0.3 is 0 Å². The van der Waals surface area contributed by atoms with Crippen LogP contribution in [-0.2, 0) is 6.42 Å². The summed E-state index contributed by atoms with van der Waals surface area (Å²) in [7, 11) is 0. The topological polar surface area (TPSA) is 15.3 Å². The number of para-hydroxylation sites is 2. The standard InChI is InChI=1S/C18H22N2/c1-3-20(16-11-5-4-8-14(16)2)17-12-6-9-15-10-7-13-19-18(15)17/h4-6,8-9,11-12,19H,3,7,10,13H2,1-2H3. The molecule has 0 aromatic heterocycles. The normalized spacial score (nSPS) is 13.5. The van der Waals surface area contributed by atoms with Gasteiger partial charge in [0.15, 0.2) is 0 Å². The van der Waals surface area contributed by atoms with E-state index in [2.05, 4.69) is 66.5 Å². The average Bonchev–Trinajstić information content (AvgIpc) is 2.50. The first kappa shape index (κ1) is 13.0. The van der Waals surface area contributed by atoms with Gasteiger partial charge in [0.05, 0.1) is 11.4 Å². The lowest BCUT2D eigenvalue weighted by Gasteiger charge is -2.30. The Kier molecular flexibility index (Phi) is 3.64. The Morgan fingerprint density at radius 2 is 1.85 bits per heavy atom. The summed E-state index contributed by atoms with van der Waals surface area (Å²) in [6.07, 6.45) is 2.41. The molecule has 1 aliphatic heterocycles. The summed E-state index contributed by atoms with van der Waals surface area (Å²) in [5.41, 5.74) is 6.70. The van der Waals surface area contributed by atoms with Crippen LogP contribution in [0.15, 0.2) is 42.5 Å². The van der Waals surface area contributed by atoms with Crippen LogP contribution in [0.2, 0.25) is 0 Å². The van der Waals surface area contributed by atoms with E-state index < -0.39 is 0 Å². The largest absolute Gasteiger partial charge is 0.383 e. The maximum absolute atomic E-state index is 3.59. The van der Waals surface area contributed by atoms with E-state index in [-0.39, 0.29) is 0 Å². The first-order valence-electron chi connectivity index (χ1n) is 7.50. The van der Waals surface area contributed by atoms with Crippen LogP contribution < -0.4 is 10.2 Å². The van der Waals surface area contributed by atoms with Gasteiger partial charge in [-0.25, -0.2) is 0 Å². The molecular weight excluding hydrogens is 244 g/mol. The molecule has 1 aliphatic rings. The number of rotatable bonds is 3. The second-order valence-electron chi connectivity index (χ2n) is 5.37. The molecular formula is C18H22N2. The summed E-state index contributed by atoms with van der Waals surface area (Å²) in [6.45, 7) is 6.45. The zero-order valence-electron chi connectivity index (χ0n) is 12.3. The molecule has 0 unspecified atom stereocenters. The number of benzene rings is 2. The molecule has 0 saturated carbocycles. The van der Waals surface area contributed by atoms with E-state index in [1.54, 1.807) is 0 Å². The summed E-state index contributed by atoms with van der Waals surface area (Å²) in [6, 6.07) is 15.3. The number of anilines is 3. The molecule has 0 amide bonds. The van der Waals surface area contributed by atoms with Gasteiger partial charge < -0.3 is 10.2 Å². The van der Waals surface area contributed by atoms with Gasteiger partial charge in [0.25, 0.3) is 0 Å². The number of hydrogen-bond donors (Lipinski definition) is 1. The Morgan fingerprint density at radius 3 is 2.65 bits per heavy atom. The van der Waals surface area contributed by atoms with Gasteiger partial charge in [-0.05, 0) is 49.9 Å². The highest BCUT2D eigenvalue weighted by Crippen LogP contribution is 2.37. The van der Waals surface area contributed by atoms with Crippen LogP contribution in [0, 0.1) is 6.92 Å². The maximum Gasteiger partial charge on any atom is 0.0649 e.